The normalized spacial score (nSPS) is 42.7. The summed E-state index contributed by atoms with van der Waals surface area (Å²) in [5.41, 5.74) is 0. The van der Waals surface area contributed by atoms with Crippen molar-refractivity contribution in [3.05, 3.63) is 0 Å². The molecule has 2 fully saturated rings. The lowest BCUT2D eigenvalue weighted by molar-refractivity contribution is 0.242. The van der Waals surface area contributed by atoms with E-state index in [9.17, 15) is 0 Å². The molecule has 0 aromatic heterocycles. The summed E-state index contributed by atoms with van der Waals surface area (Å²) in [4.78, 5) is 0. The number of piperidine rings is 2. The Morgan fingerprint density at radius 2 is 2.22 bits per heavy atom. The van der Waals surface area contributed by atoms with Gasteiger partial charge in [0.25, 0.3) is 0 Å². The van der Waals surface area contributed by atoms with Gasteiger partial charge in [0.15, 0.2) is 0 Å². The molecule has 0 spiro atoms. The van der Waals surface area contributed by atoms with E-state index >= 15 is 0 Å². The van der Waals surface area contributed by atoms with Gasteiger partial charge in [-0.1, -0.05) is 0 Å². The van der Waals surface area contributed by atoms with E-state index in [4.69, 9.17) is 0 Å². The highest BCUT2D eigenvalue weighted by Crippen LogP contribution is 2.17. The van der Waals surface area contributed by atoms with E-state index in [0.29, 0.717) is 0 Å². The van der Waals surface area contributed by atoms with Gasteiger partial charge in [-0.2, -0.15) is 0 Å². The standard InChI is InChI=1S/C7H14N2/c1-2-9-7-3-6(1)4-8-5-7/h6-9H,1-5H2. The minimum Gasteiger partial charge on any atom is -0.315 e. The highest BCUT2D eigenvalue weighted by molar-refractivity contribution is 4.85. The van der Waals surface area contributed by atoms with Gasteiger partial charge in [-0.05, 0) is 31.8 Å². The van der Waals surface area contributed by atoms with E-state index in [0.717, 1.165) is 12.0 Å². The molecule has 2 aliphatic heterocycles. The molecule has 0 aromatic carbocycles. The predicted octanol–water partition coefficient (Wildman–Crippen LogP) is -0.0422. The third-order valence-corrected chi connectivity index (χ3v) is 2.43. The Hall–Kier alpha value is -0.0800. The summed E-state index contributed by atoms with van der Waals surface area (Å²) in [7, 11) is 0. The first kappa shape index (κ1) is 5.69. The van der Waals surface area contributed by atoms with Crippen molar-refractivity contribution < 1.29 is 0 Å². The third kappa shape index (κ3) is 1.10. The van der Waals surface area contributed by atoms with Crippen LogP contribution in [-0.2, 0) is 0 Å². The van der Waals surface area contributed by atoms with Crippen molar-refractivity contribution in [2.75, 3.05) is 19.6 Å². The molecular weight excluding hydrogens is 112 g/mol. The van der Waals surface area contributed by atoms with Crippen LogP contribution in [0.5, 0.6) is 0 Å². The summed E-state index contributed by atoms with van der Waals surface area (Å²) in [6.07, 6.45) is 2.79. The predicted molar refractivity (Wildman–Crippen MR) is 37.4 cm³/mol. The van der Waals surface area contributed by atoms with Crippen LogP contribution < -0.4 is 10.6 Å². The number of rotatable bonds is 0. The molecule has 2 heterocycles. The van der Waals surface area contributed by atoms with Gasteiger partial charge in [-0.15, -0.1) is 0 Å². The van der Waals surface area contributed by atoms with E-state index in [1.54, 1.807) is 0 Å². The minimum atomic E-state index is 0.789. The molecule has 2 saturated heterocycles. The van der Waals surface area contributed by atoms with Crippen LogP contribution >= 0.6 is 0 Å². The van der Waals surface area contributed by atoms with Gasteiger partial charge in [0.05, 0.1) is 0 Å². The second-order valence-electron chi connectivity index (χ2n) is 3.20. The van der Waals surface area contributed by atoms with Crippen LogP contribution in [0, 0.1) is 5.92 Å². The van der Waals surface area contributed by atoms with E-state index in [1.807, 2.05) is 0 Å². The maximum atomic E-state index is 3.49. The van der Waals surface area contributed by atoms with Crippen LogP contribution in [0.4, 0.5) is 0 Å². The first-order valence-corrected chi connectivity index (χ1v) is 3.89. The van der Waals surface area contributed by atoms with Gasteiger partial charge < -0.3 is 10.6 Å². The zero-order valence-corrected chi connectivity index (χ0v) is 5.69. The van der Waals surface area contributed by atoms with E-state index in [-0.39, 0.29) is 0 Å². The Morgan fingerprint density at radius 1 is 1.22 bits per heavy atom. The van der Waals surface area contributed by atoms with Crippen LogP contribution in [0.1, 0.15) is 12.8 Å². The highest BCUT2D eigenvalue weighted by Gasteiger charge is 2.24. The molecule has 2 atom stereocenters. The Bertz CT molecular complexity index is 83.1. The Balaban J connectivity index is 1.96. The summed E-state index contributed by atoms with van der Waals surface area (Å²) >= 11 is 0. The van der Waals surface area contributed by atoms with E-state index < -0.39 is 0 Å². The van der Waals surface area contributed by atoms with Gasteiger partial charge in [-0.3, -0.25) is 0 Å². The van der Waals surface area contributed by atoms with Crippen molar-refractivity contribution in [2.24, 2.45) is 5.92 Å². The Morgan fingerprint density at radius 3 is 3.00 bits per heavy atom. The average Bonchev–Trinajstić information content (AvgIpc) is 1.88. The van der Waals surface area contributed by atoms with Crippen molar-refractivity contribution in [1.82, 2.24) is 10.6 Å². The molecule has 9 heavy (non-hydrogen) atoms. The van der Waals surface area contributed by atoms with Crippen LogP contribution in [-0.4, -0.2) is 25.7 Å². The average molecular weight is 126 g/mol. The lowest BCUT2D eigenvalue weighted by Gasteiger charge is -2.35. The fraction of sp³-hybridized carbons (Fsp3) is 1.00. The minimum absolute atomic E-state index is 0.789. The molecule has 2 N–H and O–H groups in total. The second kappa shape index (κ2) is 2.27. The molecule has 2 aliphatic rings. The largest absolute Gasteiger partial charge is 0.315 e. The topological polar surface area (TPSA) is 24.1 Å². The van der Waals surface area contributed by atoms with Crippen molar-refractivity contribution in [2.45, 2.75) is 18.9 Å². The van der Waals surface area contributed by atoms with Gasteiger partial charge in [0.2, 0.25) is 0 Å². The summed E-state index contributed by atoms with van der Waals surface area (Å²) in [5, 5.41) is 6.91. The summed E-state index contributed by atoms with van der Waals surface area (Å²) in [6.45, 7) is 3.70. The summed E-state index contributed by atoms with van der Waals surface area (Å²) in [5.74, 6) is 0.977. The fourth-order valence-corrected chi connectivity index (χ4v) is 1.90. The van der Waals surface area contributed by atoms with E-state index in [2.05, 4.69) is 10.6 Å². The van der Waals surface area contributed by atoms with Crippen LogP contribution in [0.25, 0.3) is 0 Å². The molecule has 2 nitrogen and oxygen atoms in total. The monoisotopic (exact) mass is 126 g/mol. The van der Waals surface area contributed by atoms with Gasteiger partial charge in [0.1, 0.15) is 0 Å². The fourth-order valence-electron chi connectivity index (χ4n) is 1.90. The van der Waals surface area contributed by atoms with Crippen molar-refractivity contribution in [1.29, 1.82) is 0 Å². The molecular formula is C7H14N2. The second-order valence-corrected chi connectivity index (χ2v) is 3.20. The first-order valence-electron chi connectivity index (χ1n) is 3.89. The third-order valence-electron chi connectivity index (χ3n) is 2.43. The molecule has 2 bridgehead atoms. The van der Waals surface area contributed by atoms with Gasteiger partial charge in [-0.25, -0.2) is 0 Å². The van der Waals surface area contributed by atoms with Crippen molar-refractivity contribution in [3.63, 3.8) is 0 Å². The van der Waals surface area contributed by atoms with Crippen LogP contribution in [0.3, 0.4) is 0 Å². The maximum absolute atomic E-state index is 3.49. The zero-order chi connectivity index (χ0) is 6.10. The molecule has 2 rings (SSSR count). The van der Waals surface area contributed by atoms with Crippen LogP contribution in [0.15, 0.2) is 0 Å². The van der Waals surface area contributed by atoms with Crippen molar-refractivity contribution in [3.8, 4) is 0 Å². The summed E-state index contributed by atoms with van der Waals surface area (Å²) < 4.78 is 0. The molecule has 0 saturated carbocycles. The maximum Gasteiger partial charge on any atom is 0.0195 e. The lowest BCUT2D eigenvalue weighted by atomic mass is 9.89. The number of nitrogens with one attached hydrogen (secondary N) is 2. The molecule has 0 radical (unpaired) electrons. The highest BCUT2D eigenvalue weighted by atomic mass is 15.0. The van der Waals surface area contributed by atoms with Gasteiger partial charge >= 0.3 is 0 Å². The quantitative estimate of drug-likeness (QED) is 0.476. The molecule has 0 aliphatic carbocycles. The first-order chi connectivity index (χ1) is 4.45. The Labute approximate surface area is 56.0 Å². The number of fused-ring (bicyclic) bond motifs is 2. The smallest absolute Gasteiger partial charge is 0.0195 e. The molecule has 52 valence electrons. The Kier molecular flexibility index (Phi) is 1.44. The lowest BCUT2D eigenvalue weighted by Crippen LogP contribution is -2.51. The van der Waals surface area contributed by atoms with E-state index in [1.165, 1.54) is 32.5 Å². The SMILES string of the molecule is C1CC2CNCC(C2)N1. The van der Waals surface area contributed by atoms with Crippen molar-refractivity contribution >= 4 is 0 Å². The molecule has 0 amide bonds. The molecule has 2 unspecified atom stereocenters. The summed E-state index contributed by atoms with van der Waals surface area (Å²) in [6, 6.07) is 0.789. The number of hydrogen-bond donors (Lipinski definition) is 2. The molecule has 0 aromatic rings. The van der Waals surface area contributed by atoms with Gasteiger partial charge in [0, 0.05) is 12.6 Å². The molecule has 2 heteroatoms. The van der Waals surface area contributed by atoms with Crippen LogP contribution in [0.2, 0.25) is 0 Å². The number of hydrogen-bond acceptors (Lipinski definition) is 2. The zero-order valence-electron chi connectivity index (χ0n) is 5.69.